The molecule has 0 radical (unpaired) electrons. The zero-order valence-electron chi connectivity index (χ0n) is 28.9. The number of halogens is 1. The summed E-state index contributed by atoms with van der Waals surface area (Å²) in [5.74, 6) is -4.50. The highest BCUT2D eigenvalue weighted by atomic mass is 35.5. The number of carbonyl (C=O) groups excluding carboxylic acids is 4. The Morgan fingerprint density at radius 1 is 0.774 bits per heavy atom. The van der Waals surface area contributed by atoms with Crippen LogP contribution in [-0.4, -0.2) is 54.8 Å². The molecule has 3 fully saturated rings. The molecule has 0 unspecified atom stereocenters. The van der Waals surface area contributed by atoms with Crippen LogP contribution in [0.1, 0.15) is 35.4 Å². The van der Waals surface area contributed by atoms with Crippen LogP contribution >= 0.6 is 11.6 Å². The van der Waals surface area contributed by atoms with Crippen molar-refractivity contribution in [2.75, 3.05) is 36.1 Å². The average molecular weight is 725 g/mol. The van der Waals surface area contributed by atoms with Crippen molar-refractivity contribution < 1.29 is 29.0 Å². The summed E-state index contributed by atoms with van der Waals surface area (Å²) in [5.41, 5.74) is 3.18. The molecule has 3 aliphatic carbocycles. The van der Waals surface area contributed by atoms with Crippen LogP contribution in [0.3, 0.4) is 0 Å². The molecule has 2 heterocycles. The zero-order chi connectivity index (χ0) is 36.4. The highest BCUT2D eigenvalue weighted by Gasteiger charge is 2.66. The third kappa shape index (κ3) is 5.14. The van der Waals surface area contributed by atoms with E-state index < -0.39 is 35.0 Å². The third-order valence-corrected chi connectivity index (χ3v) is 12.5. The second kappa shape index (κ2) is 13.0. The van der Waals surface area contributed by atoms with Gasteiger partial charge in [-0.1, -0.05) is 90.0 Å². The quantitative estimate of drug-likeness (QED) is 0.176. The Balaban J connectivity index is 1.19. The highest BCUT2D eigenvalue weighted by Crippen LogP contribution is 2.64. The molecule has 2 amide bonds. The first kappa shape index (κ1) is 33.5. The molecule has 5 aliphatic rings. The fourth-order valence-electron chi connectivity index (χ4n) is 9.86. The number of aromatic hydroxyl groups is 1. The summed E-state index contributed by atoms with van der Waals surface area (Å²) in [7, 11) is 0. The molecular formula is C44H37ClN2O6. The van der Waals surface area contributed by atoms with Crippen molar-refractivity contribution in [1.82, 2.24) is 0 Å². The first-order valence-electron chi connectivity index (χ1n) is 18.2. The number of nitrogens with zero attached hydrogens (tertiary/aromatic N) is 2. The summed E-state index contributed by atoms with van der Waals surface area (Å²) in [4.78, 5) is 62.7. The molecule has 8 nitrogen and oxygen atoms in total. The van der Waals surface area contributed by atoms with Crippen LogP contribution in [-0.2, 0) is 29.3 Å². The molecule has 0 spiro atoms. The normalized spacial score (nSPS) is 28.2. The molecule has 6 atom stereocenters. The monoisotopic (exact) mass is 724 g/mol. The Morgan fingerprint density at radius 3 is 2.15 bits per heavy atom. The van der Waals surface area contributed by atoms with Gasteiger partial charge in [-0.25, -0.2) is 0 Å². The Kier molecular flexibility index (Phi) is 8.20. The second-order valence-electron chi connectivity index (χ2n) is 14.6. The van der Waals surface area contributed by atoms with Gasteiger partial charge in [-0.15, -0.1) is 0 Å². The Hall–Kier alpha value is -5.31. The van der Waals surface area contributed by atoms with Gasteiger partial charge in [0.05, 0.1) is 36.2 Å². The number of morpholine rings is 1. The Labute approximate surface area is 312 Å². The standard InChI is InChI=1S/C44H37ClN2O6/c45-37-23-30(48)15-16-32(37)40-31-17-18-33-39(43(52)47(42(33)51)29-13-11-28(12-14-29)46-19-21-53-22-20-46)35(31)24-36-41(50)34(26-7-3-1-4-8-26)25-38(49)44(36,40)27-9-5-2-6-10-27/h1-17,23,25,33,35-36,39-40,48H,18-22,24H2/t33-,35+,36-,39-,40+,44-/m0/s1. The fourth-order valence-corrected chi connectivity index (χ4v) is 10.1. The SMILES string of the molecule is O=C1C(c2ccccc2)=CC(=O)[C@@]2(c3ccccc3)[C@@H](c3ccc(O)cc3Cl)C3=CC[C@@H]4C(=O)N(c5ccc(N6CCOCC6)cc5)C(=O)[C@@H]4[C@@H]3C[C@@H]12. The smallest absolute Gasteiger partial charge is 0.238 e. The number of hydrogen-bond acceptors (Lipinski definition) is 7. The number of amides is 2. The fraction of sp³-hybridized carbons (Fsp3) is 0.273. The number of ether oxygens (including phenoxy) is 1. The molecule has 9 rings (SSSR count). The second-order valence-corrected chi connectivity index (χ2v) is 15.0. The largest absolute Gasteiger partial charge is 0.508 e. The van der Waals surface area contributed by atoms with Gasteiger partial charge in [0.25, 0.3) is 0 Å². The lowest BCUT2D eigenvalue weighted by atomic mass is 9.44. The molecule has 0 aromatic heterocycles. The summed E-state index contributed by atoms with van der Waals surface area (Å²) in [6.45, 7) is 2.82. The maximum atomic E-state index is 15.2. The summed E-state index contributed by atoms with van der Waals surface area (Å²) in [5, 5.41) is 10.7. The minimum atomic E-state index is -1.40. The predicted octanol–water partition coefficient (Wildman–Crippen LogP) is 6.91. The highest BCUT2D eigenvalue weighted by molar-refractivity contribution is 6.33. The lowest BCUT2D eigenvalue weighted by molar-refractivity contribution is -0.135. The molecule has 9 heteroatoms. The van der Waals surface area contributed by atoms with Crippen LogP contribution in [0.4, 0.5) is 11.4 Å². The van der Waals surface area contributed by atoms with Gasteiger partial charge >= 0.3 is 0 Å². The van der Waals surface area contributed by atoms with Gasteiger partial charge < -0.3 is 14.7 Å². The van der Waals surface area contributed by atoms with E-state index in [2.05, 4.69) is 4.90 Å². The van der Waals surface area contributed by atoms with E-state index in [9.17, 15) is 14.7 Å². The van der Waals surface area contributed by atoms with Crippen molar-refractivity contribution in [2.45, 2.75) is 24.2 Å². The number of fused-ring (bicyclic) bond motifs is 4. The van der Waals surface area contributed by atoms with Crippen LogP contribution in [0.5, 0.6) is 5.75 Å². The average Bonchev–Trinajstić information content (AvgIpc) is 3.45. The number of ketones is 2. The number of phenols is 1. The molecule has 1 saturated carbocycles. The first-order valence-corrected chi connectivity index (χ1v) is 18.6. The Bertz CT molecular complexity index is 2210. The maximum Gasteiger partial charge on any atom is 0.238 e. The lowest BCUT2D eigenvalue weighted by Gasteiger charge is -2.55. The van der Waals surface area contributed by atoms with Gasteiger partial charge in [-0.2, -0.15) is 0 Å². The molecule has 2 aliphatic heterocycles. The molecule has 4 aromatic rings. The van der Waals surface area contributed by atoms with E-state index in [1.807, 2.05) is 91.0 Å². The summed E-state index contributed by atoms with van der Waals surface area (Å²) < 4.78 is 5.50. The van der Waals surface area contributed by atoms with Crippen molar-refractivity contribution in [1.29, 1.82) is 0 Å². The number of anilines is 2. The van der Waals surface area contributed by atoms with E-state index in [1.165, 1.54) is 23.1 Å². The predicted molar refractivity (Wildman–Crippen MR) is 202 cm³/mol. The van der Waals surface area contributed by atoms with Gasteiger partial charge in [-0.3, -0.25) is 24.1 Å². The first-order chi connectivity index (χ1) is 25.8. The number of carbonyl (C=O) groups is 4. The molecule has 53 heavy (non-hydrogen) atoms. The van der Waals surface area contributed by atoms with E-state index in [0.29, 0.717) is 47.6 Å². The molecule has 0 bridgehead atoms. The van der Waals surface area contributed by atoms with Crippen molar-refractivity contribution in [3.8, 4) is 5.75 Å². The van der Waals surface area contributed by atoms with Crippen LogP contribution in [0.25, 0.3) is 5.57 Å². The van der Waals surface area contributed by atoms with Gasteiger partial charge in [-0.05, 0) is 77.9 Å². The Morgan fingerprint density at radius 2 is 1.45 bits per heavy atom. The molecule has 4 aromatic carbocycles. The zero-order valence-corrected chi connectivity index (χ0v) is 29.6. The summed E-state index contributed by atoms with van der Waals surface area (Å²) >= 11 is 6.98. The van der Waals surface area contributed by atoms with E-state index in [0.717, 1.165) is 24.4 Å². The molecule has 1 N–H and O–H groups in total. The van der Waals surface area contributed by atoms with Gasteiger partial charge in [0.2, 0.25) is 11.8 Å². The third-order valence-electron chi connectivity index (χ3n) is 12.2. The van der Waals surface area contributed by atoms with Crippen molar-refractivity contribution >= 4 is 51.9 Å². The van der Waals surface area contributed by atoms with Gasteiger partial charge in [0.1, 0.15) is 5.75 Å². The van der Waals surface area contributed by atoms with Crippen LogP contribution in [0.2, 0.25) is 5.02 Å². The van der Waals surface area contributed by atoms with E-state index in [-0.39, 0.29) is 40.6 Å². The van der Waals surface area contributed by atoms with Gasteiger partial charge in [0.15, 0.2) is 11.6 Å². The van der Waals surface area contributed by atoms with E-state index in [4.69, 9.17) is 16.3 Å². The number of Topliss-reactive ketones (excluding diaryl/α,β-unsaturated/α-hetero) is 1. The summed E-state index contributed by atoms with van der Waals surface area (Å²) in [6, 6.07) is 30.8. The number of allylic oxidation sites excluding steroid dienone is 4. The molecule has 2 saturated heterocycles. The van der Waals surface area contributed by atoms with Crippen molar-refractivity contribution in [3.05, 3.63) is 143 Å². The number of rotatable bonds is 5. The maximum absolute atomic E-state index is 15.2. The van der Waals surface area contributed by atoms with Crippen LogP contribution in [0.15, 0.2) is 121 Å². The topological polar surface area (TPSA) is 104 Å². The van der Waals surface area contributed by atoms with Crippen LogP contribution < -0.4 is 9.80 Å². The van der Waals surface area contributed by atoms with E-state index in [1.54, 1.807) is 6.07 Å². The van der Waals surface area contributed by atoms with Gasteiger partial charge in [0, 0.05) is 41.2 Å². The number of benzene rings is 4. The van der Waals surface area contributed by atoms with Crippen molar-refractivity contribution in [3.63, 3.8) is 0 Å². The lowest BCUT2D eigenvalue weighted by Crippen LogP contribution is -2.58. The summed E-state index contributed by atoms with van der Waals surface area (Å²) in [6.07, 6.45) is 4.01. The minimum absolute atomic E-state index is 0.0294. The molecule has 266 valence electrons. The number of hydrogen-bond donors (Lipinski definition) is 1. The van der Waals surface area contributed by atoms with Crippen molar-refractivity contribution in [2.24, 2.45) is 23.7 Å². The van der Waals surface area contributed by atoms with E-state index >= 15 is 9.59 Å². The molecular weight excluding hydrogens is 688 g/mol. The number of imide groups is 1. The number of phenolic OH excluding ortho intramolecular Hbond substituents is 1. The van der Waals surface area contributed by atoms with Crippen LogP contribution in [0, 0.1) is 23.7 Å². The minimum Gasteiger partial charge on any atom is -0.508 e.